The maximum atomic E-state index is 11.0. The molecule has 14 heavy (non-hydrogen) atoms. The highest BCUT2D eigenvalue weighted by Gasteiger charge is 2.38. The summed E-state index contributed by atoms with van der Waals surface area (Å²) < 4.78 is 5.20. The van der Waals surface area contributed by atoms with Gasteiger partial charge >= 0.3 is 5.97 Å². The van der Waals surface area contributed by atoms with Gasteiger partial charge in [-0.05, 0) is 11.8 Å². The highest BCUT2D eigenvalue weighted by Crippen LogP contribution is 2.41. The Bertz CT molecular complexity index is 367. The van der Waals surface area contributed by atoms with E-state index in [1.165, 1.54) is 6.39 Å². The molecule has 0 bridgehead atoms. The van der Waals surface area contributed by atoms with Gasteiger partial charge in [-0.1, -0.05) is 13.8 Å². The van der Waals surface area contributed by atoms with E-state index in [-0.39, 0.29) is 5.41 Å². The standard InChI is InChI=1S/C10H13NO3/c1-10(2)3-6(9(12)13)8-7(4-10)14-5-11-8/h5-6H,3-4H2,1-2H3,(H,12,13). The molecule has 0 spiro atoms. The zero-order valence-electron chi connectivity index (χ0n) is 8.28. The molecule has 2 rings (SSSR count). The molecule has 0 amide bonds. The van der Waals surface area contributed by atoms with Gasteiger partial charge in [-0.15, -0.1) is 0 Å². The molecule has 1 aliphatic rings. The Morgan fingerprint density at radius 3 is 3.07 bits per heavy atom. The average Bonchev–Trinajstić information content (AvgIpc) is 2.47. The minimum Gasteiger partial charge on any atom is -0.481 e. The van der Waals surface area contributed by atoms with Crippen LogP contribution in [-0.2, 0) is 11.2 Å². The van der Waals surface area contributed by atoms with Crippen LogP contribution in [0.4, 0.5) is 0 Å². The zero-order valence-corrected chi connectivity index (χ0v) is 8.28. The molecule has 4 nitrogen and oxygen atoms in total. The minimum atomic E-state index is -0.812. The first-order valence-corrected chi connectivity index (χ1v) is 4.65. The molecule has 0 aromatic carbocycles. The number of hydrogen-bond donors (Lipinski definition) is 1. The number of nitrogens with zero attached hydrogens (tertiary/aromatic N) is 1. The second kappa shape index (κ2) is 2.83. The van der Waals surface area contributed by atoms with Crippen LogP contribution in [0.2, 0.25) is 0 Å². The van der Waals surface area contributed by atoms with E-state index in [0.29, 0.717) is 12.1 Å². The summed E-state index contributed by atoms with van der Waals surface area (Å²) in [6.07, 6.45) is 2.73. The van der Waals surface area contributed by atoms with Crippen LogP contribution >= 0.6 is 0 Å². The molecule has 0 saturated carbocycles. The van der Waals surface area contributed by atoms with E-state index < -0.39 is 11.9 Å². The number of rotatable bonds is 1. The van der Waals surface area contributed by atoms with Gasteiger partial charge in [-0.2, -0.15) is 0 Å². The van der Waals surface area contributed by atoms with Crippen molar-refractivity contribution >= 4 is 5.97 Å². The van der Waals surface area contributed by atoms with E-state index in [4.69, 9.17) is 9.52 Å². The molecule has 1 N–H and O–H groups in total. The molecule has 76 valence electrons. The molecule has 0 radical (unpaired) electrons. The Hall–Kier alpha value is -1.32. The fourth-order valence-corrected chi connectivity index (χ4v) is 2.06. The van der Waals surface area contributed by atoms with Gasteiger partial charge in [0, 0.05) is 6.42 Å². The monoisotopic (exact) mass is 195 g/mol. The topological polar surface area (TPSA) is 63.3 Å². The van der Waals surface area contributed by atoms with E-state index in [1.54, 1.807) is 0 Å². The molecular weight excluding hydrogens is 182 g/mol. The number of aliphatic carboxylic acids is 1. The predicted octanol–water partition coefficient (Wildman–Crippen LogP) is 1.82. The number of oxazole rings is 1. The van der Waals surface area contributed by atoms with Crippen molar-refractivity contribution in [2.24, 2.45) is 5.41 Å². The molecule has 1 aliphatic carbocycles. The van der Waals surface area contributed by atoms with Crippen LogP contribution in [0.25, 0.3) is 0 Å². The second-order valence-electron chi connectivity index (χ2n) is 4.60. The number of hydrogen-bond acceptors (Lipinski definition) is 3. The molecule has 0 saturated heterocycles. The first-order chi connectivity index (χ1) is 6.49. The number of carbonyl (C=O) groups is 1. The van der Waals surface area contributed by atoms with Gasteiger partial charge in [-0.25, -0.2) is 4.98 Å². The van der Waals surface area contributed by atoms with Crippen molar-refractivity contribution in [3.63, 3.8) is 0 Å². The quantitative estimate of drug-likeness (QED) is 0.742. The third kappa shape index (κ3) is 1.41. The summed E-state index contributed by atoms with van der Waals surface area (Å²) in [6.45, 7) is 4.10. The van der Waals surface area contributed by atoms with Crippen LogP contribution in [0.1, 0.15) is 37.6 Å². The summed E-state index contributed by atoms with van der Waals surface area (Å²) in [5, 5.41) is 9.05. The molecule has 1 atom stereocenters. The highest BCUT2D eigenvalue weighted by atomic mass is 16.4. The van der Waals surface area contributed by atoms with E-state index in [1.807, 2.05) is 0 Å². The van der Waals surface area contributed by atoms with E-state index in [9.17, 15) is 4.79 Å². The van der Waals surface area contributed by atoms with Crippen molar-refractivity contribution in [1.82, 2.24) is 4.98 Å². The van der Waals surface area contributed by atoms with Crippen molar-refractivity contribution in [1.29, 1.82) is 0 Å². The lowest BCUT2D eigenvalue weighted by Gasteiger charge is -2.31. The van der Waals surface area contributed by atoms with Gasteiger partial charge in [0.1, 0.15) is 11.7 Å². The second-order valence-corrected chi connectivity index (χ2v) is 4.60. The normalized spacial score (nSPS) is 24.3. The van der Waals surface area contributed by atoms with E-state index in [0.717, 1.165) is 12.2 Å². The maximum Gasteiger partial charge on any atom is 0.312 e. The Balaban J connectivity index is 2.42. The fraction of sp³-hybridized carbons (Fsp3) is 0.600. The van der Waals surface area contributed by atoms with Crippen LogP contribution in [0.5, 0.6) is 0 Å². The SMILES string of the molecule is CC1(C)Cc2ocnc2C(C(=O)O)C1. The summed E-state index contributed by atoms with van der Waals surface area (Å²) in [6, 6.07) is 0. The third-order valence-corrected chi connectivity index (χ3v) is 2.70. The molecule has 1 aromatic heterocycles. The van der Waals surface area contributed by atoms with Gasteiger partial charge in [0.15, 0.2) is 6.39 Å². The molecule has 1 unspecified atom stereocenters. The van der Waals surface area contributed by atoms with Gasteiger partial charge in [0.05, 0.1) is 5.69 Å². The van der Waals surface area contributed by atoms with Crippen molar-refractivity contribution in [3.8, 4) is 0 Å². The van der Waals surface area contributed by atoms with Gasteiger partial charge in [0.25, 0.3) is 0 Å². The van der Waals surface area contributed by atoms with Crippen LogP contribution < -0.4 is 0 Å². The van der Waals surface area contributed by atoms with Crippen molar-refractivity contribution < 1.29 is 14.3 Å². The molecule has 1 heterocycles. The average molecular weight is 195 g/mol. The third-order valence-electron chi connectivity index (χ3n) is 2.70. The van der Waals surface area contributed by atoms with Crippen LogP contribution in [-0.4, -0.2) is 16.1 Å². The zero-order chi connectivity index (χ0) is 10.3. The predicted molar refractivity (Wildman–Crippen MR) is 49.0 cm³/mol. The molecule has 0 fully saturated rings. The number of fused-ring (bicyclic) bond motifs is 1. The summed E-state index contributed by atoms with van der Waals surface area (Å²) in [4.78, 5) is 15.0. The van der Waals surface area contributed by atoms with Crippen LogP contribution in [0.15, 0.2) is 10.8 Å². The van der Waals surface area contributed by atoms with Gasteiger partial charge in [0.2, 0.25) is 0 Å². The smallest absolute Gasteiger partial charge is 0.312 e. The Kier molecular flexibility index (Phi) is 1.87. The largest absolute Gasteiger partial charge is 0.481 e. The van der Waals surface area contributed by atoms with E-state index >= 15 is 0 Å². The molecule has 0 aliphatic heterocycles. The molecular formula is C10H13NO3. The lowest BCUT2D eigenvalue weighted by molar-refractivity contribution is -0.140. The maximum absolute atomic E-state index is 11.0. The summed E-state index contributed by atoms with van der Waals surface area (Å²) >= 11 is 0. The fourth-order valence-electron chi connectivity index (χ4n) is 2.06. The Morgan fingerprint density at radius 1 is 1.71 bits per heavy atom. The van der Waals surface area contributed by atoms with Gasteiger partial charge in [-0.3, -0.25) is 4.79 Å². The number of aromatic nitrogens is 1. The van der Waals surface area contributed by atoms with Gasteiger partial charge < -0.3 is 9.52 Å². The lowest BCUT2D eigenvalue weighted by Crippen LogP contribution is -2.29. The summed E-state index contributed by atoms with van der Waals surface area (Å²) in [5.74, 6) is -0.589. The molecule has 1 aromatic rings. The van der Waals surface area contributed by atoms with Crippen LogP contribution in [0, 0.1) is 5.41 Å². The first-order valence-electron chi connectivity index (χ1n) is 4.65. The Labute approximate surface area is 81.9 Å². The molecule has 4 heteroatoms. The van der Waals surface area contributed by atoms with Crippen molar-refractivity contribution in [3.05, 3.63) is 17.8 Å². The summed E-state index contributed by atoms with van der Waals surface area (Å²) in [7, 11) is 0. The van der Waals surface area contributed by atoms with E-state index in [2.05, 4.69) is 18.8 Å². The Morgan fingerprint density at radius 2 is 2.43 bits per heavy atom. The highest BCUT2D eigenvalue weighted by molar-refractivity contribution is 5.76. The minimum absolute atomic E-state index is 0.0183. The number of carboxylic acid groups (broad SMARTS) is 1. The lowest BCUT2D eigenvalue weighted by atomic mass is 9.73. The number of carboxylic acids is 1. The van der Waals surface area contributed by atoms with Crippen molar-refractivity contribution in [2.45, 2.75) is 32.6 Å². The first kappa shape index (κ1) is 9.24. The summed E-state index contributed by atoms with van der Waals surface area (Å²) in [5.41, 5.74) is 0.590. The van der Waals surface area contributed by atoms with Crippen molar-refractivity contribution in [2.75, 3.05) is 0 Å². The van der Waals surface area contributed by atoms with Crippen LogP contribution in [0.3, 0.4) is 0 Å².